The number of rotatable bonds is 6. The second-order valence-electron chi connectivity index (χ2n) is 5.16. The molecule has 1 aliphatic rings. The summed E-state index contributed by atoms with van der Waals surface area (Å²) < 4.78 is 36.5. The quantitative estimate of drug-likeness (QED) is 0.865. The van der Waals surface area contributed by atoms with Gasteiger partial charge in [-0.15, -0.1) is 0 Å². The zero-order chi connectivity index (χ0) is 15.3. The van der Waals surface area contributed by atoms with Crippen LogP contribution >= 0.6 is 0 Å². The van der Waals surface area contributed by atoms with Gasteiger partial charge in [0.25, 0.3) is 0 Å². The first-order valence-corrected chi connectivity index (χ1v) is 8.84. The van der Waals surface area contributed by atoms with Crippen LogP contribution in [-0.4, -0.2) is 46.6 Å². The molecule has 1 aromatic carbocycles. The van der Waals surface area contributed by atoms with Crippen LogP contribution < -0.4 is 10.1 Å². The Balaban J connectivity index is 2.31. The minimum atomic E-state index is -3.50. The Morgan fingerprint density at radius 3 is 2.86 bits per heavy atom. The van der Waals surface area contributed by atoms with Gasteiger partial charge in [0.2, 0.25) is 0 Å². The molecular formula is C15H23NO4S. The van der Waals surface area contributed by atoms with Crippen molar-refractivity contribution in [2.24, 2.45) is 0 Å². The smallest absolute Gasteiger partial charge is 0.188 e. The van der Waals surface area contributed by atoms with Crippen molar-refractivity contribution < 1.29 is 17.9 Å². The van der Waals surface area contributed by atoms with Crippen molar-refractivity contribution in [2.75, 3.05) is 26.9 Å². The maximum Gasteiger partial charge on any atom is 0.188 e. The van der Waals surface area contributed by atoms with E-state index in [4.69, 9.17) is 9.47 Å². The van der Waals surface area contributed by atoms with Crippen molar-refractivity contribution in [3.05, 3.63) is 24.3 Å². The molecule has 2 atom stereocenters. The van der Waals surface area contributed by atoms with E-state index in [-0.39, 0.29) is 17.5 Å². The average molecular weight is 313 g/mol. The summed E-state index contributed by atoms with van der Waals surface area (Å²) in [6.45, 7) is 3.69. The van der Waals surface area contributed by atoms with Gasteiger partial charge in [-0.1, -0.05) is 19.1 Å². The molecule has 0 saturated carbocycles. The van der Waals surface area contributed by atoms with Crippen LogP contribution in [0.1, 0.15) is 19.8 Å². The van der Waals surface area contributed by atoms with E-state index < -0.39 is 15.1 Å². The summed E-state index contributed by atoms with van der Waals surface area (Å²) in [5.74, 6) is 0.386. The van der Waals surface area contributed by atoms with Gasteiger partial charge in [0.05, 0.1) is 13.7 Å². The number of hydrogen-bond donors (Lipinski definition) is 1. The summed E-state index contributed by atoms with van der Waals surface area (Å²) in [6, 6.07) is 6.67. The molecular weight excluding hydrogens is 290 g/mol. The molecule has 0 spiro atoms. The molecule has 1 heterocycles. The maximum absolute atomic E-state index is 12.9. The first-order valence-electron chi connectivity index (χ1n) is 7.29. The maximum atomic E-state index is 12.9. The van der Waals surface area contributed by atoms with Gasteiger partial charge >= 0.3 is 0 Å². The van der Waals surface area contributed by atoms with E-state index in [2.05, 4.69) is 12.2 Å². The molecule has 1 saturated heterocycles. The first-order chi connectivity index (χ1) is 10.1. The van der Waals surface area contributed by atoms with E-state index in [0.29, 0.717) is 18.8 Å². The molecule has 0 amide bonds. The minimum Gasteiger partial charge on any atom is -0.495 e. The third kappa shape index (κ3) is 3.56. The van der Waals surface area contributed by atoms with Crippen molar-refractivity contribution in [1.29, 1.82) is 0 Å². The molecule has 0 aliphatic carbocycles. The molecule has 1 aromatic rings. The number of benzene rings is 1. The number of hydrogen-bond acceptors (Lipinski definition) is 5. The second kappa shape index (κ2) is 7.24. The number of para-hydroxylation sites is 1. The van der Waals surface area contributed by atoms with Crippen LogP contribution in [0.5, 0.6) is 5.75 Å². The van der Waals surface area contributed by atoms with Crippen molar-refractivity contribution in [1.82, 2.24) is 5.32 Å². The highest BCUT2D eigenvalue weighted by molar-refractivity contribution is 7.92. The predicted octanol–water partition coefficient (Wildman–Crippen LogP) is 1.63. The fourth-order valence-corrected chi connectivity index (χ4v) is 4.56. The summed E-state index contributed by atoms with van der Waals surface area (Å²) in [6.07, 6.45) is 1.68. The summed E-state index contributed by atoms with van der Waals surface area (Å²) in [4.78, 5) is 0.242. The zero-order valence-electron chi connectivity index (χ0n) is 12.5. The SMILES string of the molecule is CCCNC1CCOCC1S(=O)(=O)c1ccccc1OC. The Kier molecular flexibility index (Phi) is 5.61. The molecule has 21 heavy (non-hydrogen) atoms. The van der Waals surface area contributed by atoms with Crippen LogP contribution in [0.4, 0.5) is 0 Å². The number of ether oxygens (including phenoxy) is 2. The fraction of sp³-hybridized carbons (Fsp3) is 0.600. The molecule has 1 fully saturated rings. The van der Waals surface area contributed by atoms with Gasteiger partial charge in [-0.2, -0.15) is 0 Å². The summed E-state index contributed by atoms with van der Waals surface area (Å²) in [5.41, 5.74) is 0. The standard InChI is InChI=1S/C15H23NO4S/c1-3-9-16-12-8-10-20-11-15(12)21(17,18)14-7-5-4-6-13(14)19-2/h4-7,12,15-16H,3,8-11H2,1-2H3. The Labute approximate surface area is 126 Å². The molecule has 2 unspecified atom stereocenters. The largest absolute Gasteiger partial charge is 0.495 e. The molecule has 118 valence electrons. The lowest BCUT2D eigenvalue weighted by Crippen LogP contribution is -2.50. The molecule has 0 radical (unpaired) electrons. The lowest BCUT2D eigenvalue weighted by Gasteiger charge is -2.32. The Bertz CT molecular complexity index is 559. The average Bonchev–Trinajstić information content (AvgIpc) is 2.53. The summed E-state index contributed by atoms with van der Waals surface area (Å²) in [5, 5.41) is 2.76. The summed E-state index contributed by atoms with van der Waals surface area (Å²) in [7, 11) is -2.01. The summed E-state index contributed by atoms with van der Waals surface area (Å²) >= 11 is 0. The van der Waals surface area contributed by atoms with Crippen molar-refractivity contribution >= 4 is 9.84 Å². The van der Waals surface area contributed by atoms with Gasteiger partial charge in [-0.05, 0) is 31.5 Å². The highest BCUT2D eigenvalue weighted by Gasteiger charge is 2.38. The van der Waals surface area contributed by atoms with Gasteiger partial charge in [-0.3, -0.25) is 0 Å². The lowest BCUT2D eigenvalue weighted by atomic mass is 10.1. The monoisotopic (exact) mass is 313 g/mol. The third-order valence-electron chi connectivity index (χ3n) is 3.73. The Morgan fingerprint density at radius 2 is 2.14 bits per heavy atom. The van der Waals surface area contributed by atoms with Crippen molar-refractivity contribution in [2.45, 2.75) is 36.0 Å². The van der Waals surface area contributed by atoms with E-state index in [0.717, 1.165) is 13.0 Å². The molecule has 6 heteroatoms. The molecule has 0 aromatic heterocycles. The second-order valence-corrected chi connectivity index (χ2v) is 7.29. The van der Waals surface area contributed by atoms with E-state index in [1.807, 2.05) is 0 Å². The molecule has 0 bridgehead atoms. The highest BCUT2D eigenvalue weighted by Crippen LogP contribution is 2.29. The van der Waals surface area contributed by atoms with E-state index >= 15 is 0 Å². The third-order valence-corrected chi connectivity index (χ3v) is 5.95. The van der Waals surface area contributed by atoms with Crippen LogP contribution in [0.15, 0.2) is 29.2 Å². The van der Waals surface area contributed by atoms with Crippen molar-refractivity contribution in [3.63, 3.8) is 0 Å². The Morgan fingerprint density at radius 1 is 1.38 bits per heavy atom. The lowest BCUT2D eigenvalue weighted by molar-refractivity contribution is 0.0808. The van der Waals surface area contributed by atoms with Gasteiger partial charge in [0.15, 0.2) is 9.84 Å². The van der Waals surface area contributed by atoms with E-state index in [1.165, 1.54) is 7.11 Å². The number of methoxy groups -OCH3 is 1. The Hall–Kier alpha value is -1.11. The minimum absolute atomic E-state index is 0.0754. The van der Waals surface area contributed by atoms with Crippen LogP contribution in [-0.2, 0) is 14.6 Å². The van der Waals surface area contributed by atoms with Gasteiger partial charge in [0, 0.05) is 12.6 Å². The van der Waals surface area contributed by atoms with Gasteiger partial charge in [-0.25, -0.2) is 8.42 Å². The van der Waals surface area contributed by atoms with E-state index in [9.17, 15) is 8.42 Å². The number of sulfone groups is 1. The highest BCUT2D eigenvalue weighted by atomic mass is 32.2. The molecule has 1 N–H and O–H groups in total. The van der Waals surface area contributed by atoms with Crippen molar-refractivity contribution in [3.8, 4) is 5.75 Å². The van der Waals surface area contributed by atoms with E-state index in [1.54, 1.807) is 24.3 Å². The van der Waals surface area contributed by atoms with Crippen LogP contribution in [0.2, 0.25) is 0 Å². The predicted molar refractivity (Wildman–Crippen MR) is 81.5 cm³/mol. The number of nitrogens with one attached hydrogen (secondary N) is 1. The fourth-order valence-electron chi connectivity index (χ4n) is 2.60. The molecule has 2 rings (SSSR count). The van der Waals surface area contributed by atoms with Crippen LogP contribution in [0, 0.1) is 0 Å². The van der Waals surface area contributed by atoms with Crippen LogP contribution in [0.3, 0.4) is 0 Å². The van der Waals surface area contributed by atoms with Gasteiger partial charge in [0.1, 0.15) is 15.9 Å². The van der Waals surface area contributed by atoms with Gasteiger partial charge < -0.3 is 14.8 Å². The molecule has 1 aliphatic heterocycles. The molecule has 5 nitrogen and oxygen atoms in total. The first kappa shape index (κ1) is 16.3. The van der Waals surface area contributed by atoms with Crippen LogP contribution in [0.25, 0.3) is 0 Å². The normalized spacial score (nSPS) is 23.0. The zero-order valence-corrected chi connectivity index (χ0v) is 13.4. The topological polar surface area (TPSA) is 64.6 Å².